The second-order valence-electron chi connectivity index (χ2n) is 7.86. The fourth-order valence-corrected chi connectivity index (χ4v) is 5.20. The molecule has 31 heavy (non-hydrogen) atoms. The molecule has 5 aromatic rings. The van der Waals surface area contributed by atoms with Crippen molar-refractivity contribution < 1.29 is 4.42 Å². The van der Waals surface area contributed by atoms with Gasteiger partial charge in [0.05, 0.1) is 10.9 Å². The fraction of sp³-hybridized carbons (Fsp3) is 0.160. The quantitative estimate of drug-likeness (QED) is 0.169. The van der Waals surface area contributed by atoms with E-state index in [0.717, 1.165) is 34.6 Å². The van der Waals surface area contributed by atoms with E-state index in [0.29, 0.717) is 27.4 Å². The van der Waals surface area contributed by atoms with Gasteiger partial charge in [0.2, 0.25) is 0 Å². The first-order valence-corrected chi connectivity index (χ1v) is 11.3. The van der Waals surface area contributed by atoms with Crippen molar-refractivity contribution in [2.75, 3.05) is 0 Å². The highest BCUT2D eigenvalue weighted by Crippen LogP contribution is 2.38. The predicted molar refractivity (Wildman–Crippen MR) is 124 cm³/mol. The largest absolute Gasteiger partial charge is 0.423 e. The predicted octanol–water partition coefficient (Wildman–Crippen LogP) is 5.28. The summed E-state index contributed by atoms with van der Waals surface area (Å²) in [6.07, 6.45) is 1.99. The summed E-state index contributed by atoms with van der Waals surface area (Å²) >= 11 is 1.50. The lowest BCUT2D eigenvalue weighted by atomic mass is 10.0. The van der Waals surface area contributed by atoms with Crippen LogP contribution in [0.2, 0.25) is 0 Å². The molecule has 3 aromatic carbocycles. The number of hydrogen-bond acceptors (Lipinski definition) is 5. The smallest absolute Gasteiger partial charge is 0.336 e. The minimum absolute atomic E-state index is 0.0125. The van der Waals surface area contributed by atoms with Crippen molar-refractivity contribution in [1.82, 2.24) is 9.55 Å². The van der Waals surface area contributed by atoms with Crippen LogP contribution < -0.4 is 11.2 Å². The summed E-state index contributed by atoms with van der Waals surface area (Å²) in [4.78, 5) is 30.1. The molecule has 0 N–H and O–H groups in total. The number of nitrogens with zero attached hydrogens (tertiary/aromatic N) is 2. The molecule has 6 heteroatoms. The highest BCUT2D eigenvalue weighted by Gasteiger charge is 2.28. The summed E-state index contributed by atoms with van der Waals surface area (Å²) in [6, 6.07) is 21.1. The van der Waals surface area contributed by atoms with Crippen LogP contribution >= 0.6 is 11.8 Å². The third kappa shape index (κ3) is 3.15. The number of hydrogen-bond donors (Lipinski definition) is 0. The zero-order chi connectivity index (χ0) is 20.9. The molecule has 152 valence electrons. The number of benzene rings is 3. The zero-order valence-electron chi connectivity index (χ0n) is 16.6. The van der Waals surface area contributed by atoms with Crippen LogP contribution in [0.1, 0.15) is 24.4 Å². The number of fused-ring (bicyclic) bond motifs is 4. The van der Waals surface area contributed by atoms with Crippen molar-refractivity contribution in [2.24, 2.45) is 0 Å². The molecule has 5 nitrogen and oxygen atoms in total. The van der Waals surface area contributed by atoms with Crippen molar-refractivity contribution in [3.05, 3.63) is 93.1 Å². The molecule has 0 amide bonds. The van der Waals surface area contributed by atoms with Crippen LogP contribution in [0.5, 0.6) is 0 Å². The second kappa shape index (κ2) is 7.10. The van der Waals surface area contributed by atoms with E-state index >= 15 is 0 Å². The maximum absolute atomic E-state index is 13.1. The van der Waals surface area contributed by atoms with E-state index in [2.05, 4.69) is 0 Å². The van der Waals surface area contributed by atoms with Crippen LogP contribution in [0.15, 0.2) is 85.9 Å². The lowest BCUT2D eigenvalue weighted by molar-refractivity contribution is 0.560. The van der Waals surface area contributed by atoms with Gasteiger partial charge in [-0.05, 0) is 47.4 Å². The van der Waals surface area contributed by atoms with Crippen LogP contribution in [0, 0.1) is 0 Å². The Morgan fingerprint density at radius 3 is 2.58 bits per heavy atom. The van der Waals surface area contributed by atoms with Crippen LogP contribution in [-0.2, 0) is 5.75 Å². The number of rotatable bonds is 4. The topological polar surface area (TPSA) is 65.1 Å². The van der Waals surface area contributed by atoms with E-state index in [1.165, 1.54) is 11.8 Å². The first-order chi connectivity index (χ1) is 15.2. The second-order valence-corrected chi connectivity index (χ2v) is 8.80. The van der Waals surface area contributed by atoms with Gasteiger partial charge in [0.15, 0.2) is 5.16 Å². The molecule has 1 fully saturated rings. The molecule has 0 bridgehead atoms. The third-order valence-corrected chi connectivity index (χ3v) is 6.76. The van der Waals surface area contributed by atoms with E-state index in [4.69, 9.17) is 9.40 Å². The molecular formula is C25H18N2O3S. The Labute approximate surface area is 181 Å². The Morgan fingerprint density at radius 2 is 1.74 bits per heavy atom. The Bertz CT molecular complexity index is 1600. The van der Waals surface area contributed by atoms with Crippen molar-refractivity contribution in [2.45, 2.75) is 29.8 Å². The lowest BCUT2D eigenvalue weighted by Gasteiger charge is -2.13. The third-order valence-electron chi connectivity index (χ3n) is 5.76. The van der Waals surface area contributed by atoms with Crippen LogP contribution in [0.4, 0.5) is 0 Å². The van der Waals surface area contributed by atoms with Gasteiger partial charge in [-0.15, -0.1) is 0 Å². The van der Waals surface area contributed by atoms with Gasteiger partial charge in [-0.25, -0.2) is 9.78 Å². The van der Waals surface area contributed by atoms with Gasteiger partial charge in [-0.3, -0.25) is 9.36 Å². The van der Waals surface area contributed by atoms with Crippen molar-refractivity contribution in [1.29, 1.82) is 0 Å². The summed E-state index contributed by atoms with van der Waals surface area (Å²) in [5, 5.41) is 4.42. The average molecular weight is 426 g/mol. The Hall–Kier alpha value is -3.38. The molecule has 1 aliphatic carbocycles. The van der Waals surface area contributed by atoms with Crippen LogP contribution in [-0.4, -0.2) is 9.55 Å². The maximum Gasteiger partial charge on any atom is 0.336 e. The van der Waals surface area contributed by atoms with Gasteiger partial charge in [-0.1, -0.05) is 54.2 Å². The van der Waals surface area contributed by atoms with E-state index in [-0.39, 0.29) is 17.2 Å². The maximum atomic E-state index is 13.1. The van der Waals surface area contributed by atoms with Gasteiger partial charge in [0, 0.05) is 23.2 Å². The zero-order valence-corrected chi connectivity index (χ0v) is 17.4. The number of aromatic nitrogens is 2. The average Bonchev–Trinajstić information content (AvgIpc) is 3.62. The van der Waals surface area contributed by atoms with E-state index < -0.39 is 0 Å². The van der Waals surface area contributed by atoms with Gasteiger partial charge in [0.1, 0.15) is 5.58 Å². The molecular weight excluding hydrogens is 408 g/mol. The highest BCUT2D eigenvalue weighted by atomic mass is 32.2. The molecule has 0 unspecified atom stereocenters. The molecule has 0 aliphatic heterocycles. The Kier molecular flexibility index (Phi) is 4.21. The summed E-state index contributed by atoms with van der Waals surface area (Å²) < 4.78 is 7.31. The van der Waals surface area contributed by atoms with E-state index in [1.54, 1.807) is 6.07 Å². The monoisotopic (exact) mass is 426 g/mol. The number of para-hydroxylation sites is 1. The van der Waals surface area contributed by atoms with Gasteiger partial charge in [0.25, 0.3) is 5.56 Å². The minimum Gasteiger partial charge on any atom is -0.423 e. The summed E-state index contributed by atoms with van der Waals surface area (Å²) in [5.41, 5.74) is 1.81. The van der Waals surface area contributed by atoms with Crippen molar-refractivity contribution in [3.8, 4) is 0 Å². The lowest BCUT2D eigenvalue weighted by Crippen LogP contribution is -2.22. The van der Waals surface area contributed by atoms with Gasteiger partial charge < -0.3 is 4.42 Å². The van der Waals surface area contributed by atoms with Crippen LogP contribution in [0.3, 0.4) is 0 Å². The van der Waals surface area contributed by atoms with E-state index in [1.807, 2.05) is 65.2 Å². The standard InChI is InChI=1S/C25H18N2O3S/c28-22-13-16(23-18-6-2-1-5-15(18)9-12-21(23)30-22)14-31-25-26-20-8-4-3-7-19(20)24(29)27(25)17-10-11-17/h1-9,12-13,17H,10-11,14H2. The molecule has 0 spiro atoms. The van der Waals surface area contributed by atoms with E-state index in [9.17, 15) is 9.59 Å². The molecule has 2 aromatic heterocycles. The summed E-state index contributed by atoms with van der Waals surface area (Å²) in [5.74, 6) is 0.521. The first-order valence-electron chi connectivity index (χ1n) is 10.3. The van der Waals surface area contributed by atoms with Crippen molar-refractivity contribution >= 4 is 44.4 Å². The minimum atomic E-state index is -0.371. The van der Waals surface area contributed by atoms with Crippen molar-refractivity contribution in [3.63, 3.8) is 0 Å². The Morgan fingerprint density at radius 1 is 0.968 bits per heavy atom. The first kappa shape index (κ1) is 18.4. The molecule has 6 rings (SSSR count). The molecule has 0 radical (unpaired) electrons. The molecule has 0 atom stereocenters. The molecule has 1 aliphatic rings. The molecule has 1 saturated carbocycles. The SMILES string of the molecule is O=c1cc(CSc2nc3ccccc3c(=O)n2C2CC2)c2c(ccc3ccccc32)o1. The molecule has 2 heterocycles. The fourth-order valence-electron chi connectivity index (χ4n) is 4.16. The summed E-state index contributed by atoms with van der Waals surface area (Å²) in [7, 11) is 0. The number of thioether (sulfide) groups is 1. The summed E-state index contributed by atoms with van der Waals surface area (Å²) in [6.45, 7) is 0. The van der Waals surface area contributed by atoms with Gasteiger partial charge in [-0.2, -0.15) is 0 Å². The van der Waals surface area contributed by atoms with Gasteiger partial charge >= 0.3 is 5.63 Å². The highest BCUT2D eigenvalue weighted by molar-refractivity contribution is 7.98. The van der Waals surface area contributed by atoms with Crippen LogP contribution in [0.25, 0.3) is 32.6 Å². The molecule has 0 saturated heterocycles. The normalized spacial score (nSPS) is 13.9. The Balaban J connectivity index is 1.50.